The Hall–Kier alpha value is -0.830. The van der Waals surface area contributed by atoms with Crippen molar-refractivity contribution in [3.63, 3.8) is 0 Å². The molecule has 0 aromatic heterocycles. The minimum absolute atomic E-state index is 0.326. The molecular formula is C11H19NO2. The number of piperidine rings is 1. The molecule has 0 amide bonds. The van der Waals surface area contributed by atoms with Crippen molar-refractivity contribution >= 4 is 5.97 Å². The van der Waals surface area contributed by atoms with Gasteiger partial charge in [-0.2, -0.15) is 0 Å². The molecule has 14 heavy (non-hydrogen) atoms. The van der Waals surface area contributed by atoms with Gasteiger partial charge >= 0.3 is 5.97 Å². The number of carboxylic acid groups (broad SMARTS) is 1. The van der Waals surface area contributed by atoms with Gasteiger partial charge < -0.3 is 5.11 Å². The Kier molecular flexibility index (Phi) is 4.66. The lowest BCUT2D eigenvalue weighted by molar-refractivity contribution is -0.138. The molecule has 0 saturated carbocycles. The third-order valence-electron chi connectivity index (χ3n) is 2.67. The fourth-order valence-electron chi connectivity index (χ4n) is 1.99. The molecule has 1 heterocycles. The van der Waals surface area contributed by atoms with Gasteiger partial charge in [-0.3, -0.25) is 9.69 Å². The van der Waals surface area contributed by atoms with Crippen LogP contribution in [0.5, 0.6) is 0 Å². The quantitative estimate of drug-likeness (QED) is 0.698. The summed E-state index contributed by atoms with van der Waals surface area (Å²) in [6, 6.07) is 0. The molecule has 80 valence electrons. The van der Waals surface area contributed by atoms with E-state index in [2.05, 4.69) is 11.0 Å². The lowest BCUT2D eigenvalue weighted by Crippen LogP contribution is -2.36. The summed E-state index contributed by atoms with van der Waals surface area (Å²) >= 11 is 0. The summed E-state index contributed by atoms with van der Waals surface area (Å²) in [6.45, 7) is 5.03. The second kappa shape index (κ2) is 5.81. The summed E-state index contributed by atoms with van der Waals surface area (Å²) in [5, 5.41) is 8.70. The van der Waals surface area contributed by atoms with Crippen LogP contribution in [0.25, 0.3) is 0 Å². The molecule has 0 bridgehead atoms. The lowest BCUT2D eigenvalue weighted by atomic mass is 9.95. The van der Waals surface area contributed by atoms with Gasteiger partial charge in [0.2, 0.25) is 0 Å². The van der Waals surface area contributed by atoms with Crippen LogP contribution in [0.4, 0.5) is 0 Å². The van der Waals surface area contributed by atoms with Gasteiger partial charge in [0.1, 0.15) is 0 Å². The van der Waals surface area contributed by atoms with Crippen molar-refractivity contribution < 1.29 is 9.90 Å². The van der Waals surface area contributed by atoms with Crippen LogP contribution >= 0.6 is 0 Å². The maximum atomic E-state index is 10.6. The predicted octanol–water partition coefficient (Wildman–Crippen LogP) is 1.75. The molecule has 0 aliphatic carbocycles. The maximum absolute atomic E-state index is 10.6. The summed E-state index contributed by atoms with van der Waals surface area (Å²) < 4.78 is 0. The maximum Gasteiger partial charge on any atom is 0.303 e. The van der Waals surface area contributed by atoms with Crippen molar-refractivity contribution in [2.24, 2.45) is 5.92 Å². The van der Waals surface area contributed by atoms with Crippen molar-refractivity contribution in [2.45, 2.75) is 26.2 Å². The number of likely N-dealkylation sites (tertiary alicyclic amines) is 1. The van der Waals surface area contributed by atoms with E-state index in [1.54, 1.807) is 0 Å². The number of carboxylic acids is 1. The van der Waals surface area contributed by atoms with Crippen LogP contribution in [0.3, 0.4) is 0 Å². The van der Waals surface area contributed by atoms with Gasteiger partial charge in [0, 0.05) is 19.5 Å². The van der Waals surface area contributed by atoms with Crippen LogP contribution in [-0.2, 0) is 4.79 Å². The Morgan fingerprint density at radius 1 is 1.64 bits per heavy atom. The average Bonchev–Trinajstić information content (AvgIpc) is 2.14. The van der Waals surface area contributed by atoms with Gasteiger partial charge in [0.15, 0.2) is 0 Å². The highest BCUT2D eigenvalue weighted by Crippen LogP contribution is 2.19. The molecule has 3 nitrogen and oxygen atoms in total. The smallest absolute Gasteiger partial charge is 0.303 e. The Morgan fingerprint density at radius 2 is 2.43 bits per heavy atom. The summed E-state index contributed by atoms with van der Waals surface area (Å²) in [5.41, 5.74) is 0. The largest absolute Gasteiger partial charge is 0.481 e. The summed E-state index contributed by atoms with van der Waals surface area (Å²) in [6.07, 6.45) is 6.70. The first-order chi connectivity index (χ1) is 6.72. The third-order valence-corrected chi connectivity index (χ3v) is 2.67. The van der Waals surface area contributed by atoms with Gasteiger partial charge in [-0.15, -0.1) is 0 Å². The van der Waals surface area contributed by atoms with Crippen molar-refractivity contribution in [2.75, 3.05) is 19.6 Å². The SMILES string of the molecule is CC=CCN1CCCC(CC(=O)O)C1. The van der Waals surface area contributed by atoms with Gasteiger partial charge in [-0.25, -0.2) is 0 Å². The summed E-state index contributed by atoms with van der Waals surface area (Å²) in [5.74, 6) is -0.311. The van der Waals surface area contributed by atoms with E-state index in [0.29, 0.717) is 12.3 Å². The van der Waals surface area contributed by atoms with E-state index in [4.69, 9.17) is 5.11 Å². The van der Waals surface area contributed by atoms with E-state index in [-0.39, 0.29) is 0 Å². The number of carbonyl (C=O) groups is 1. The van der Waals surface area contributed by atoms with Crippen LogP contribution in [0.2, 0.25) is 0 Å². The zero-order valence-electron chi connectivity index (χ0n) is 8.78. The van der Waals surface area contributed by atoms with Gasteiger partial charge in [0.05, 0.1) is 0 Å². The Bertz CT molecular complexity index is 213. The molecule has 0 spiro atoms. The molecule has 1 aliphatic heterocycles. The van der Waals surface area contributed by atoms with E-state index in [1.807, 2.05) is 13.0 Å². The fraction of sp³-hybridized carbons (Fsp3) is 0.727. The normalized spacial score (nSPS) is 24.2. The van der Waals surface area contributed by atoms with Crippen LogP contribution in [0.15, 0.2) is 12.2 Å². The van der Waals surface area contributed by atoms with Crippen molar-refractivity contribution in [1.82, 2.24) is 4.90 Å². The zero-order valence-corrected chi connectivity index (χ0v) is 8.78. The van der Waals surface area contributed by atoms with Crippen LogP contribution in [0.1, 0.15) is 26.2 Å². The predicted molar refractivity (Wildman–Crippen MR) is 56.2 cm³/mol. The molecule has 1 saturated heterocycles. The van der Waals surface area contributed by atoms with Crippen molar-refractivity contribution in [3.8, 4) is 0 Å². The van der Waals surface area contributed by atoms with Crippen LogP contribution < -0.4 is 0 Å². The van der Waals surface area contributed by atoms with E-state index < -0.39 is 5.97 Å². The standard InChI is InChI=1S/C11H19NO2/c1-2-3-6-12-7-4-5-10(9-12)8-11(13)14/h2-3,10H,4-9H2,1H3,(H,13,14). The lowest BCUT2D eigenvalue weighted by Gasteiger charge is -2.31. The minimum atomic E-state index is -0.664. The van der Waals surface area contributed by atoms with E-state index >= 15 is 0 Å². The number of nitrogens with zero attached hydrogens (tertiary/aromatic N) is 1. The summed E-state index contributed by atoms with van der Waals surface area (Å²) in [4.78, 5) is 12.9. The molecular weight excluding hydrogens is 178 g/mol. The molecule has 1 atom stereocenters. The molecule has 1 aliphatic rings. The molecule has 1 fully saturated rings. The average molecular weight is 197 g/mol. The second-order valence-corrected chi connectivity index (χ2v) is 3.93. The first-order valence-electron chi connectivity index (χ1n) is 5.27. The monoisotopic (exact) mass is 197 g/mol. The molecule has 1 unspecified atom stereocenters. The number of aliphatic carboxylic acids is 1. The molecule has 1 N–H and O–H groups in total. The second-order valence-electron chi connectivity index (χ2n) is 3.93. The van der Waals surface area contributed by atoms with Gasteiger partial charge in [0.25, 0.3) is 0 Å². The van der Waals surface area contributed by atoms with Crippen LogP contribution in [0, 0.1) is 5.92 Å². The van der Waals surface area contributed by atoms with Gasteiger partial charge in [-0.1, -0.05) is 12.2 Å². The third kappa shape index (κ3) is 3.92. The highest BCUT2D eigenvalue weighted by Gasteiger charge is 2.20. The highest BCUT2D eigenvalue weighted by atomic mass is 16.4. The Morgan fingerprint density at radius 3 is 3.07 bits per heavy atom. The van der Waals surface area contributed by atoms with E-state index in [1.165, 1.54) is 0 Å². The molecule has 0 aromatic carbocycles. The first kappa shape index (κ1) is 11.2. The van der Waals surface area contributed by atoms with E-state index in [0.717, 1.165) is 32.5 Å². The zero-order chi connectivity index (χ0) is 10.4. The van der Waals surface area contributed by atoms with Crippen molar-refractivity contribution in [1.29, 1.82) is 0 Å². The van der Waals surface area contributed by atoms with E-state index in [9.17, 15) is 4.79 Å². The summed E-state index contributed by atoms with van der Waals surface area (Å²) in [7, 11) is 0. The number of rotatable bonds is 4. The Balaban J connectivity index is 2.31. The van der Waals surface area contributed by atoms with Crippen LogP contribution in [-0.4, -0.2) is 35.6 Å². The first-order valence-corrected chi connectivity index (χ1v) is 5.27. The topological polar surface area (TPSA) is 40.5 Å². The number of hydrogen-bond acceptors (Lipinski definition) is 2. The highest BCUT2D eigenvalue weighted by molar-refractivity contribution is 5.67. The van der Waals surface area contributed by atoms with Gasteiger partial charge in [-0.05, 0) is 32.2 Å². The minimum Gasteiger partial charge on any atom is -0.481 e. The Labute approximate surface area is 85.4 Å². The molecule has 1 rings (SSSR count). The number of allylic oxidation sites excluding steroid dienone is 1. The molecule has 3 heteroatoms. The number of hydrogen-bond donors (Lipinski definition) is 1. The fourth-order valence-corrected chi connectivity index (χ4v) is 1.99. The van der Waals surface area contributed by atoms with Crippen molar-refractivity contribution in [3.05, 3.63) is 12.2 Å². The molecule has 0 aromatic rings. The molecule has 0 radical (unpaired) electrons.